The van der Waals surface area contributed by atoms with Crippen molar-refractivity contribution in [3.8, 4) is 11.5 Å². The second kappa shape index (κ2) is 7.06. The monoisotopic (exact) mass is 407 g/mol. The molecule has 7 nitrogen and oxygen atoms in total. The van der Waals surface area contributed by atoms with Gasteiger partial charge in [-0.1, -0.05) is 15.9 Å². The average molecular weight is 408 g/mol. The molecule has 1 saturated heterocycles. The molecule has 2 rings (SSSR count). The molecule has 0 aliphatic carbocycles. The van der Waals surface area contributed by atoms with Crippen molar-refractivity contribution in [2.75, 3.05) is 20.8 Å². The maximum absolute atomic E-state index is 12.9. The van der Waals surface area contributed by atoms with Gasteiger partial charge >= 0.3 is 5.97 Å². The highest BCUT2D eigenvalue weighted by molar-refractivity contribution is 9.08. The number of carbonyl (C=O) groups is 1. The first-order valence-electron chi connectivity index (χ1n) is 6.93. The van der Waals surface area contributed by atoms with Gasteiger partial charge in [-0.3, -0.25) is 4.79 Å². The van der Waals surface area contributed by atoms with Gasteiger partial charge in [-0.05, 0) is 25.0 Å². The molecule has 0 saturated carbocycles. The van der Waals surface area contributed by atoms with Crippen molar-refractivity contribution < 1.29 is 27.8 Å². The molecule has 1 aromatic carbocycles. The molecule has 1 heterocycles. The number of sulfonamides is 1. The number of rotatable bonds is 6. The minimum atomic E-state index is -3.98. The average Bonchev–Trinajstić information content (AvgIpc) is 3.03. The van der Waals surface area contributed by atoms with Crippen LogP contribution < -0.4 is 9.47 Å². The summed E-state index contributed by atoms with van der Waals surface area (Å²) in [6.45, 7) is 0.179. The van der Waals surface area contributed by atoms with Crippen LogP contribution in [0.5, 0.6) is 11.5 Å². The van der Waals surface area contributed by atoms with E-state index in [1.165, 1.54) is 26.4 Å². The van der Waals surface area contributed by atoms with Gasteiger partial charge in [-0.25, -0.2) is 8.42 Å². The summed E-state index contributed by atoms with van der Waals surface area (Å²) in [4.78, 5) is 11.3. The Morgan fingerprint density at radius 2 is 2.09 bits per heavy atom. The molecule has 1 aliphatic rings. The van der Waals surface area contributed by atoms with E-state index in [1.54, 1.807) is 0 Å². The van der Waals surface area contributed by atoms with Gasteiger partial charge in [0.15, 0.2) is 0 Å². The van der Waals surface area contributed by atoms with Gasteiger partial charge in [0.05, 0.1) is 14.2 Å². The highest BCUT2D eigenvalue weighted by atomic mass is 79.9. The Balaban J connectivity index is 2.58. The third-order valence-electron chi connectivity index (χ3n) is 3.81. The molecule has 1 aliphatic heterocycles. The summed E-state index contributed by atoms with van der Waals surface area (Å²) >= 11 is 3.30. The van der Waals surface area contributed by atoms with Crippen molar-refractivity contribution in [3.63, 3.8) is 0 Å². The van der Waals surface area contributed by atoms with Gasteiger partial charge < -0.3 is 14.6 Å². The van der Waals surface area contributed by atoms with Gasteiger partial charge in [-0.2, -0.15) is 4.31 Å². The predicted octanol–water partition coefficient (Wildman–Crippen LogP) is 1.84. The van der Waals surface area contributed by atoms with Crippen molar-refractivity contribution in [2.24, 2.45) is 0 Å². The van der Waals surface area contributed by atoms with Crippen LogP contribution in [0.1, 0.15) is 18.4 Å². The van der Waals surface area contributed by atoms with Crippen molar-refractivity contribution in [1.29, 1.82) is 0 Å². The summed E-state index contributed by atoms with van der Waals surface area (Å²) < 4.78 is 37.4. The van der Waals surface area contributed by atoms with Crippen molar-refractivity contribution in [1.82, 2.24) is 4.31 Å². The molecule has 1 atom stereocenters. The van der Waals surface area contributed by atoms with E-state index in [4.69, 9.17) is 9.47 Å². The molecule has 0 bridgehead atoms. The smallest absolute Gasteiger partial charge is 0.322 e. The summed E-state index contributed by atoms with van der Waals surface area (Å²) in [7, 11) is -1.13. The zero-order valence-electron chi connectivity index (χ0n) is 12.8. The number of methoxy groups -OCH3 is 2. The maximum Gasteiger partial charge on any atom is 0.322 e. The number of nitrogens with zero attached hydrogens (tertiary/aromatic N) is 1. The molecule has 128 valence electrons. The molecule has 0 radical (unpaired) electrons. The Hall–Kier alpha value is -1.32. The number of alkyl halides is 1. The number of ether oxygens (including phenoxy) is 2. The lowest BCUT2D eigenvalue weighted by Gasteiger charge is -2.23. The Morgan fingerprint density at radius 1 is 1.39 bits per heavy atom. The summed E-state index contributed by atoms with van der Waals surface area (Å²) in [5, 5.41) is 9.58. The summed E-state index contributed by atoms with van der Waals surface area (Å²) in [6.07, 6.45) is 0.818. The molecule has 0 aromatic heterocycles. The third kappa shape index (κ3) is 3.17. The van der Waals surface area contributed by atoms with E-state index in [0.29, 0.717) is 29.5 Å². The fourth-order valence-electron chi connectivity index (χ4n) is 2.73. The van der Waals surface area contributed by atoms with Crippen LogP contribution in [-0.2, 0) is 20.1 Å². The maximum atomic E-state index is 12.9. The van der Waals surface area contributed by atoms with Gasteiger partial charge in [0.2, 0.25) is 10.0 Å². The van der Waals surface area contributed by atoms with Crippen LogP contribution in [0.15, 0.2) is 17.0 Å². The number of carboxylic acids is 1. The molecular weight excluding hydrogens is 390 g/mol. The highest BCUT2D eigenvalue weighted by Gasteiger charge is 2.41. The molecule has 23 heavy (non-hydrogen) atoms. The lowest BCUT2D eigenvalue weighted by atomic mass is 10.2. The first-order valence-corrected chi connectivity index (χ1v) is 9.49. The van der Waals surface area contributed by atoms with E-state index in [1.807, 2.05) is 0 Å². The van der Waals surface area contributed by atoms with Gasteiger partial charge in [0.1, 0.15) is 22.4 Å². The predicted molar refractivity (Wildman–Crippen MR) is 86.7 cm³/mol. The minimum absolute atomic E-state index is 0.0524. The van der Waals surface area contributed by atoms with E-state index in [9.17, 15) is 18.3 Å². The molecule has 1 N–H and O–H groups in total. The highest BCUT2D eigenvalue weighted by Crippen LogP contribution is 2.39. The molecule has 0 amide bonds. The lowest BCUT2D eigenvalue weighted by Crippen LogP contribution is -2.40. The zero-order valence-corrected chi connectivity index (χ0v) is 15.2. The van der Waals surface area contributed by atoms with E-state index in [2.05, 4.69) is 15.9 Å². The van der Waals surface area contributed by atoms with Crippen molar-refractivity contribution in [2.45, 2.75) is 29.1 Å². The van der Waals surface area contributed by atoms with E-state index in [-0.39, 0.29) is 17.2 Å². The first kappa shape index (κ1) is 18.0. The Labute approximate surface area is 143 Å². The van der Waals surface area contributed by atoms with Gasteiger partial charge in [0, 0.05) is 17.4 Å². The molecule has 1 aromatic rings. The van der Waals surface area contributed by atoms with Gasteiger partial charge in [-0.15, -0.1) is 0 Å². The number of carboxylic acid groups (broad SMARTS) is 1. The Kier molecular flexibility index (Phi) is 5.53. The second-order valence-corrected chi connectivity index (χ2v) is 7.44. The van der Waals surface area contributed by atoms with Crippen molar-refractivity contribution in [3.05, 3.63) is 17.7 Å². The Bertz CT molecular complexity index is 705. The number of hydrogen-bond donors (Lipinski definition) is 1. The fourth-order valence-corrected chi connectivity index (χ4v) is 5.10. The largest absolute Gasteiger partial charge is 0.496 e. The van der Waals surface area contributed by atoms with E-state index >= 15 is 0 Å². The van der Waals surface area contributed by atoms with Crippen LogP contribution in [0.25, 0.3) is 0 Å². The van der Waals surface area contributed by atoms with Crippen molar-refractivity contribution >= 4 is 31.9 Å². The first-order chi connectivity index (χ1) is 10.9. The number of benzene rings is 1. The quantitative estimate of drug-likeness (QED) is 0.723. The molecule has 1 fully saturated rings. The molecule has 9 heteroatoms. The van der Waals surface area contributed by atoms with Crippen LogP contribution in [0, 0.1) is 0 Å². The fraction of sp³-hybridized carbons (Fsp3) is 0.500. The standard InChI is InChI=1S/C14H18BrNO6S/c1-21-11-5-6-12(13(22-2)9(11)8-15)23(19,20)16-7-3-4-10(16)14(17)18/h5-6,10H,3-4,7-8H2,1-2H3,(H,17,18)/t10-/m0/s1. The minimum Gasteiger partial charge on any atom is -0.496 e. The summed E-state index contributed by atoms with van der Waals surface area (Å²) in [5.41, 5.74) is 0.558. The normalized spacial score (nSPS) is 18.8. The zero-order chi connectivity index (χ0) is 17.2. The number of aliphatic carboxylic acids is 1. The SMILES string of the molecule is COc1ccc(S(=O)(=O)N2CCC[C@H]2C(=O)O)c(OC)c1CBr. The summed E-state index contributed by atoms with van der Waals surface area (Å²) in [6, 6.07) is 1.88. The number of hydrogen-bond acceptors (Lipinski definition) is 5. The van der Waals surface area contributed by atoms with Crippen LogP contribution in [0.3, 0.4) is 0 Å². The van der Waals surface area contributed by atoms with E-state index < -0.39 is 22.0 Å². The lowest BCUT2D eigenvalue weighted by molar-refractivity contribution is -0.140. The second-order valence-electron chi connectivity index (χ2n) is 5.02. The topological polar surface area (TPSA) is 93.1 Å². The molecular formula is C14H18BrNO6S. The van der Waals surface area contributed by atoms with Gasteiger partial charge in [0.25, 0.3) is 0 Å². The van der Waals surface area contributed by atoms with Crippen LogP contribution >= 0.6 is 15.9 Å². The van der Waals surface area contributed by atoms with Crippen LogP contribution in [0.4, 0.5) is 0 Å². The van der Waals surface area contributed by atoms with E-state index in [0.717, 1.165) is 4.31 Å². The summed E-state index contributed by atoms with van der Waals surface area (Å²) in [5.74, 6) is -0.481. The number of halogens is 1. The Morgan fingerprint density at radius 3 is 2.61 bits per heavy atom. The third-order valence-corrected chi connectivity index (χ3v) is 6.31. The molecule has 0 unspecified atom stereocenters. The van der Waals surface area contributed by atoms with Crippen LogP contribution in [-0.4, -0.2) is 50.6 Å². The van der Waals surface area contributed by atoms with Crippen LogP contribution in [0.2, 0.25) is 0 Å². The molecule has 0 spiro atoms.